The van der Waals surface area contributed by atoms with Gasteiger partial charge in [-0.05, 0) is 23.6 Å². The largest absolute Gasteiger partial charge is 0.491 e. The topological polar surface area (TPSA) is 64.3 Å². The predicted molar refractivity (Wildman–Crippen MR) is 98.0 cm³/mol. The minimum atomic E-state index is -0.827. The van der Waals surface area contributed by atoms with Crippen LogP contribution in [0.5, 0.6) is 5.75 Å². The molecular formula is C20H22N2O3. The Morgan fingerprint density at radius 2 is 1.84 bits per heavy atom. The normalized spacial score (nSPS) is 12.5. The number of aromatic nitrogens is 2. The molecule has 5 nitrogen and oxygen atoms in total. The van der Waals surface area contributed by atoms with Crippen molar-refractivity contribution in [3.05, 3.63) is 70.6 Å². The van der Waals surface area contributed by atoms with E-state index >= 15 is 0 Å². The Hall–Kier alpha value is -2.66. The molecule has 1 atom stereocenters. The van der Waals surface area contributed by atoms with Gasteiger partial charge in [-0.1, -0.05) is 50.2 Å². The van der Waals surface area contributed by atoms with Gasteiger partial charge in [0.1, 0.15) is 18.5 Å². The lowest BCUT2D eigenvalue weighted by atomic mass is 10.0. The third-order valence-corrected chi connectivity index (χ3v) is 4.12. The number of nitrogens with zero attached hydrogens (tertiary/aromatic N) is 2. The van der Waals surface area contributed by atoms with Gasteiger partial charge in [0.05, 0.1) is 18.1 Å². The predicted octanol–water partition coefficient (Wildman–Crippen LogP) is 2.96. The van der Waals surface area contributed by atoms with Gasteiger partial charge in [0.2, 0.25) is 0 Å². The van der Waals surface area contributed by atoms with Crippen molar-refractivity contribution in [2.45, 2.75) is 32.4 Å². The number of aliphatic hydroxyl groups excluding tert-OH is 1. The van der Waals surface area contributed by atoms with Crippen LogP contribution in [0.1, 0.15) is 25.3 Å². The second-order valence-electron chi connectivity index (χ2n) is 6.38. The summed E-state index contributed by atoms with van der Waals surface area (Å²) in [5, 5.41) is 15.8. The van der Waals surface area contributed by atoms with Gasteiger partial charge in [0, 0.05) is 5.39 Å². The van der Waals surface area contributed by atoms with E-state index in [2.05, 4.69) is 18.9 Å². The fourth-order valence-electron chi connectivity index (χ4n) is 2.79. The van der Waals surface area contributed by atoms with Gasteiger partial charge < -0.3 is 9.84 Å². The summed E-state index contributed by atoms with van der Waals surface area (Å²) in [5.41, 5.74) is 0.885. The average Bonchev–Trinajstić information content (AvgIpc) is 2.63. The number of rotatable bonds is 6. The molecule has 0 amide bonds. The first-order valence-corrected chi connectivity index (χ1v) is 8.41. The van der Waals surface area contributed by atoms with Crippen LogP contribution < -0.4 is 10.3 Å². The third-order valence-electron chi connectivity index (χ3n) is 4.12. The lowest BCUT2D eigenvalue weighted by Crippen LogP contribution is -2.31. The first kappa shape index (κ1) is 17.2. The lowest BCUT2D eigenvalue weighted by molar-refractivity contribution is 0.0875. The lowest BCUT2D eigenvalue weighted by Gasteiger charge is -2.17. The van der Waals surface area contributed by atoms with E-state index in [0.29, 0.717) is 11.3 Å². The van der Waals surface area contributed by atoms with Gasteiger partial charge >= 0.3 is 0 Å². The second kappa shape index (κ2) is 7.49. The number of hydrogen-bond acceptors (Lipinski definition) is 4. The Labute approximate surface area is 146 Å². The summed E-state index contributed by atoms with van der Waals surface area (Å²) in [5.74, 6) is 1.09. The molecule has 0 spiro atoms. The van der Waals surface area contributed by atoms with Crippen LogP contribution in [-0.2, 0) is 6.54 Å². The summed E-state index contributed by atoms with van der Waals surface area (Å²) in [6.07, 6.45) is 0.810. The maximum Gasteiger partial charge on any atom is 0.274 e. The molecule has 0 aliphatic rings. The highest BCUT2D eigenvalue weighted by Gasteiger charge is 2.12. The van der Waals surface area contributed by atoms with Crippen molar-refractivity contribution in [1.29, 1.82) is 0 Å². The zero-order valence-electron chi connectivity index (χ0n) is 14.4. The summed E-state index contributed by atoms with van der Waals surface area (Å²) in [7, 11) is 0. The van der Waals surface area contributed by atoms with Crippen molar-refractivity contribution in [2.24, 2.45) is 0 Å². The number of benzene rings is 2. The van der Waals surface area contributed by atoms with E-state index in [-0.39, 0.29) is 18.7 Å². The molecule has 0 fully saturated rings. The van der Waals surface area contributed by atoms with Gasteiger partial charge in [-0.3, -0.25) is 4.79 Å². The van der Waals surface area contributed by atoms with E-state index in [4.69, 9.17) is 4.74 Å². The van der Waals surface area contributed by atoms with Crippen LogP contribution in [0.3, 0.4) is 0 Å². The maximum absolute atomic E-state index is 12.4. The molecule has 1 aromatic heterocycles. The van der Waals surface area contributed by atoms with Crippen LogP contribution in [0.2, 0.25) is 0 Å². The smallest absolute Gasteiger partial charge is 0.274 e. The Balaban J connectivity index is 1.70. The van der Waals surface area contributed by atoms with Crippen molar-refractivity contribution >= 4 is 10.8 Å². The summed E-state index contributed by atoms with van der Waals surface area (Å²) in [6, 6.07) is 15.1. The van der Waals surface area contributed by atoms with Gasteiger partial charge in [0.15, 0.2) is 0 Å². The molecule has 2 aromatic carbocycles. The molecule has 130 valence electrons. The Morgan fingerprint density at radius 3 is 2.64 bits per heavy atom. The quantitative estimate of drug-likeness (QED) is 0.750. The molecule has 1 N–H and O–H groups in total. The maximum atomic E-state index is 12.4. The van der Waals surface area contributed by atoms with Crippen molar-refractivity contribution in [3.63, 3.8) is 0 Å². The molecule has 0 aliphatic carbocycles. The van der Waals surface area contributed by atoms with E-state index in [9.17, 15) is 9.90 Å². The van der Waals surface area contributed by atoms with Gasteiger partial charge in [-0.25, -0.2) is 4.68 Å². The summed E-state index contributed by atoms with van der Waals surface area (Å²) in [4.78, 5) is 12.4. The minimum absolute atomic E-state index is 0.0908. The molecule has 0 radical (unpaired) electrons. The number of aliphatic hydroxyl groups is 1. The number of hydrogen-bond donors (Lipinski definition) is 1. The fourth-order valence-corrected chi connectivity index (χ4v) is 2.79. The van der Waals surface area contributed by atoms with E-state index in [1.807, 2.05) is 42.5 Å². The van der Waals surface area contributed by atoms with E-state index in [0.717, 1.165) is 16.7 Å². The number of fused-ring (bicyclic) bond motifs is 1. The van der Waals surface area contributed by atoms with Crippen LogP contribution in [0, 0.1) is 0 Å². The van der Waals surface area contributed by atoms with Crippen LogP contribution in [0.15, 0.2) is 59.5 Å². The van der Waals surface area contributed by atoms with Crippen molar-refractivity contribution < 1.29 is 9.84 Å². The second-order valence-corrected chi connectivity index (χ2v) is 6.38. The monoisotopic (exact) mass is 338 g/mol. The molecule has 0 aliphatic heterocycles. The summed E-state index contributed by atoms with van der Waals surface area (Å²) >= 11 is 0. The zero-order valence-corrected chi connectivity index (χ0v) is 14.4. The third kappa shape index (κ3) is 3.88. The molecule has 3 aromatic rings. The SMILES string of the molecule is CC(C)c1ccccc1OCC(O)Cn1ncc2ccccc2c1=O. The van der Waals surface area contributed by atoms with Gasteiger partial charge in [-0.15, -0.1) is 0 Å². The molecule has 25 heavy (non-hydrogen) atoms. The number of ether oxygens (including phenoxy) is 1. The standard InChI is InChI=1S/C20H22N2O3/c1-14(2)17-8-5-6-10-19(17)25-13-16(23)12-22-20(24)18-9-4-3-7-15(18)11-21-22/h3-11,14,16,23H,12-13H2,1-2H3. The van der Waals surface area contributed by atoms with Crippen LogP contribution in [0.4, 0.5) is 0 Å². The highest BCUT2D eigenvalue weighted by Crippen LogP contribution is 2.25. The molecule has 0 saturated carbocycles. The van der Waals surface area contributed by atoms with Crippen molar-refractivity contribution in [1.82, 2.24) is 9.78 Å². The molecular weight excluding hydrogens is 316 g/mol. The van der Waals surface area contributed by atoms with E-state index in [1.54, 1.807) is 12.3 Å². The van der Waals surface area contributed by atoms with Gasteiger partial charge in [-0.2, -0.15) is 5.10 Å². The highest BCUT2D eigenvalue weighted by atomic mass is 16.5. The van der Waals surface area contributed by atoms with E-state index in [1.165, 1.54) is 4.68 Å². The van der Waals surface area contributed by atoms with Crippen molar-refractivity contribution in [3.8, 4) is 5.75 Å². The minimum Gasteiger partial charge on any atom is -0.491 e. The Kier molecular flexibility index (Phi) is 5.14. The molecule has 1 heterocycles. The zero-order chi connectivity index (χ0) is 17.8. The average molecular weight is 338 g/mol. The van der Waals surface area contributed by atoms with Crippen LogP contribution in [0.25, 0.3) is 10.8 Å². The Morgan fingerprint density at radius 1 is 1.12 bits per heavy atom. The summed E-state index contributed by atoms with van der Waals surface area (Å²) in [6.45, 7) is 4.38. The highest BCUT2D eigenvalue weighted by molar-refractivity contribution is 5.80. The first-order chi connectivity index (χ1) is 12.1. The van der Waals surface area contributed by atoms with Gasteiger partial charge in [0.25, 0.3) is 5.56 Å². The van der Waals surface area contributed by atoms with Crippen molar-refractivity contribution in [2.75, 3.05) is 6.61 Å². The van der Waals surface area contributed by atoms with Crippen LogP contribution >= 0.6 is 0 Å². The number of para-hydroxylation sites is 1. The van der Waals surface area contributed by atoms with Crippen LogP contribution in [-0.4, -0.2) is 27.6 Å². The first-order valence-electron chi connectivity index (χ1n) is 8.41. The molecule has 1 unspecified atom stereocenters. The Bertz CT molecular complexity index is 918. The fraction of sp³-hybridized carbons (Fsp3) is 0.300. The summed E-state index contributed by atoms with van der Waals surface area (Å²) < 4.78 is 7.05. The molecule has 5 heteroatoms. The molecule has 0 saturated heterocycles. The molecule has 3 rings (SSSR count). The molecule has 0 bridgehead atoms. The van der Waals surface area contributed by atoms with E-state index < -0.39 is 6.10 Å².